The summed E-state index contributed by atoms with van der Waals surface area (Å²) in [6.45, 7) is 8.32. The van der Waals surface area contributed by atoms with Crippen LogP contribution in [0.4, 0.5) is 0 Å². The lowest BCUT2D eigenvalue weighted by Crippen LogP contribution is -2.35. The summed E-state index contributed by atoms with van der Waals surface area (Å²) in [5, 5.41) is 2.11. The number of hydrogen-bond donors (Lipinski definition) is 0. The summed E-state index contributed by atoms with van der Waals surface area (Å²) in [7, 11) is 1.74. The van der Waals surface area contributed by atoms with Crippen molar-refractivity contribution in [3.8, 4) is 0 Å². The predicted molar refractivity (Wildman–Crippen MR) is 136 cm³/mol. The Kier molecular flexibility index (Phi) is 19.5. The lowest BCUT2D eigenvalue weighted by atomic mass is 10.0. The zero-order valence-electron chi connectivity index (χ0n) is 21.6. The average molecular weight is 471 g/mol. The molecule has 0 radical (unpaired) electrons. The van der Waals surface area contributed by atoms with Crippen LogP contribution in [-0.4, -0.2) is 32.2 Å². The fraction of sp³-hybridized carbons (Fsp3) is 0.889. The van der Waals surface area contributed by atoms with E-state index in [2.05, 4.69) is 35.5 Å². The lowest BCUT2D eigenvalue weighted by molar-refractivity contribution is -0.692. The Hall–Kier alpha value is -0.490. The van der Waals surface area contributed by atoms with Gasteiger partial charge < -0.3 is 14.2 Å². The molecule has 1 aromatic rings. The van der Waals surface area contributed by atoms with E-state index in [0.29, 0.717) is 0 Å². The molecule has 0 aliphatic heterocycles. The standard InChI is InChI=1S/C27H52NO3S/c1-5-7-8-9-10-11-12-13-14-15-16-19-26(6-2)31-27(25(3)29-4)30-22-18-17-20-28-21-23-32-24-28/h21,23-27H,5-20,22H2,1-4H3/q+1. The minimum atomic E-state index is -0.272. The molecule has 3 unspecified atom stereocenters. The molecule has 1 aromatic heterocycles. The molecule has 0 N–H and O–H groups in total. The van der Waals surface area contributed by atoms with E-state index >= 15 is 0 Å². The number of aryl methyl sites for hydroxylation is 1. The highest BCUT2D eigenvalue weighted by Crippen LogP contribution is 2.18. The first-order valence-electron chi connectivity index (χ1n) is 13.4. The second-order valence-corrected chi connectivity index (χ2v) is 9.90. The van der Waals surface area contributed by atoms with Gasteiger partial charge in [0.2, 0.25) is 5.51 Å². The van der Waals surface area contributed by atoms with Crippen molar-refractivity contribution in [2.75, 3.05) is 13.7 Å². The highest BCUT2D eigenvalue weighted by molar-refractivity contribution is 7.07. The molecular weight excluding hydrogens is 418 g/mol. The quantitative estimate of drug-likeness (QED) is 0.0933. The maximum Gasteiger partial charge on any atom is 0.224 e. The first-order valence-corrected chi connectivity index (χ1v) is 14.4. The Balaban J connectivity index is 2.12. The second kappa shape index (κ2) is 21.1. The first kappa shape index (κ1) is 29.5. The second-order valence-electron chi connectivity index (χ2n) is 9.14. The molecule has 0 aliphatic rings. The van der Waals surface area contributed by atoms with Gasteiger partial charge in [-0.25, -0.2) is 0 Å². The summed E-state index contributed by atoms with van der Waals surface area (Å²) in [6, 6.07) is 0. The molecule has 1 rings (SSSR count). The maximum absolute atomic E-state index is 6.35. The van der Waals surface area contributed by atoms with Crippen molar-refractivity contribution in [2.45, 2.75) is 142 Å². The Morgan fingerprint density at radius 3 is 2.06 bits per heavy atom. The van der Waals surface area contributed by atoms with E-state index < -0.39 is 0 Å². The van der Waals surface area contributed by atoms with E-state index in [-0.39, 0.29) is 18.5 Å². The molecule has 0 saturated heterocycles. The molecule has 0 fully saturated rings. The summed E-state index contributed by atoms with van der Waals surface area (Å²) in [6.07, 6.45) is 21.6. The third-order valence-corrected chi connectivity index (χ3v) is 6.96. The number of thiazole rings is 1. The normalized spacial score (nSPS) is 14.5. The highest BCUT2D eigenvalue weighted by atomic mass is 32.1. The van der Waals surface area contributed by atoms with E-state index in [4.69, 9.17) is 14.2 Å². The molecule has 0 spiro atoms. The van der Waals surface area contributed by atoms with Crippen molar-refractivity contribution < 1.29 is 18.8 Å². The maximum atomic E-state index is 6.35. The molecule has 0 aliphatic carbocycles. The van der Waals surface area contributed by atoms with Gasteiger partial charge in [0, 0.05) is 13.5 Å². The van der Waals surface area contributed by atoms with E-state index in [1.807, 2.05) is 6.92 Å². The molecule has 0 aromatic carbocycles. The SMILES string of the molecule is CCCCCCCCCCCCCC(CC)OC(OCCCC[n+]1ccsc1)C(C)OC. The topological polar surface area (TPSA) is 31.6 Å². The summed E-state index contributed by atoms with van der Waals surface area (Å²) in [4.78, 5) is 0. The van der Waals surface area contributed by atoms with Gasteiger partial charge >= 0.3 is 0 Å². The largest absolute Gasteiger partial charge is 0.376 e. The van der Waals surface area contributed by atoms with Crippen molar-refractivity contribution in [1.82, 2.24) is 0 Å². The average Bonchev–Trinajstić information content (AvgIpc) is 3.33. The minimum absolute atomic E-state index is 0.0485. The molecule has 0 saturated carbocycles. The third kappa shape index (κ3) is 15.4. The van der Waals surface area contributed by atoms with Gasteiger partial charge in [-0.1, -0.05) is 95.8 Å². The molecule has 0 bridgehead atoms. The van der Waals surface area contributed by atoms with Crippen molar-refractivity contribution in [2.24, 2.45) is 0 Å². The highest BCUT2D eigenvalue weighted by Gasteiger charge is 2.22. The van der Waals surface area contributed by atoms with Gasteiger partial charge in [-0.15, -0.1) is 0 Å². The van der Waals surface area contributed by atoms with E-state index in [1.165, 1.54) is 70.6 Å². The smallest absolute Gasteiger partial charge is 0.224 e. The molecule has 5 heteroatoms. The number of unbranched alkanes of at least 4 members (excludes halogenated alkanes) is 11. The fourth-order valence-electron chi connectivity index (χ4n) is 3.98. The summed E-state index contributed by atoms with van der Waals surface area (Å²) in [5.41, 5.74) is 2.15. The van der Waals surface area contributed by atoms with Gasteiger partial charge in [0.1, 0.15) is 12.6 Å². The van der Waals surface area contributed by atoms with Crippen LogP contribution in [0.25, 0.3) is 0 Å². The van der Waals surface area contributed by atoms with Gasteiger partial charge in [0.15, 0.2) is 12.5 Å². The number of aromatic nitrogens is 1. The molecule has 1 heterocycles. The molecule has 188 valence electrons. The predicted octanol–water partition coefficient (Wildman–Crippen LogP) is 7.69. The first-order chi connectivity index (χ1) is 15.7. The summed E-state index contributed by atoms with van der Waals surface area (Å²) < 4.78 is 20.2. The van der Waals surface area contributed by atoms with Gasteiger partial charge in [-0.05, 0) is 26.2 Å². The monoisotopic (exact) mass is 470 g/mol. The molecular formula is C27H52NO3S+. The molecule has 0 amide bonds. The van der Waals surface area contributed by atoms with Crippen molar-refractivity contribution >= 4 is 11.3 Å². The molecule has 32 heavy (non-hydrogen) atoms. The van der Waals surface area contributed by atoms with Crippen molar-refractivity contribution in [3.63, 3.8) is 0 Å². The van der Waals surface area contributed by atoms with Crippen molar-refractivity contribution in [3.05, 3.63) is 17.1 Å². The molecule has 3 atom stereocenters. The number of ether oxygens (including phenoxy) is 3. The Morgan fingerprint density at radius 1 is 0.844 bits per heavy atom. The summed E-state index contributed by atoms with van der Waals surface area (Å²) >= 11 is 1.74. The lowest BCUT2D eigenvalue weighted by Gasteiger charge is -2.28. The summed E-state index contributed by atoms with van der Waals surface area (Å²) in [5.74, 6) is 0. The van der Waals surface area contributed by atoms with Gasteiger partial charge in [-0.2, -0.15) is 4.57 Å². The zero-order chi connectivity index (χ0) is 23.3. The third-order valence-electron chi connectivity index (χ3n) is 6.29. The van der Waals surface area contributed by atoms with E-state index in [9.17, 15) is 0 Å². The minimum Gasteiger partial charge on any atom is -0.376 e. The molecule has 4 nitrogen and oxygen atoms in total. The van der Waals surface area contributed by atoms with Crippen molar-refractivity contribution in [1.29, 1.82) is 0 Å². The van der Waals surface area contributed by atoms with Crippen LogP contribution in [0, 0.1) is 0 Å². The van der Waals surface area contributed by atoms with Crippen LogP contribution in [0.5, 0.6) is 0 Å². The number of hydrogen-bond acceptors (Lipinski definition) is 4. The van der Waals surface area contributed by atoms with Crippen LogP contribution in [0.3, 0.4) is 0 Å². The number of rotatable bonds is 23. The number of methoxy groups -OCH3 is 1. The van der Waals surface area contributed by atoms with Crippen LogP contribution in [0.2, 0.25) is 0 Å². The Labute approximate surface area is 203 Å². The van der Waals surface area contributed by atoms with Crippen LogP contribution in [0.1, 0.15) is 117 Å². The van der Waals surface area contributed by atoms with Gasteiger partial charge in [0.25, 0.3) is 0 Å². The van der Waals surface area contributed by atoms with Crippen LogP contribution < -0.4 is 4.57 Å². The Morgan fingerprint density at radius 2 is 1.50 bits per heavy atom. The fourth-order valence-corrected chi connectivity index (χ4v) is 4.60. The van der Waals surface area contributed by atoms with Gasteiger partial charge in [0.05, 0.1) is 18.1 Å². The van der Waals surface area contributed by atoms with Crippen LogP contribution >= 0.6 is 11.3 Å². The van der Waals surface area contributed by atoms with E-state index in [1.54, 1.807) is 18.4 Å². The zero-order valence-corrected chi connectivity index (χ0v) is 22.4. The van der Waals surface area contributed by atoms with E-state index in [0.717, 1.165) is 38.8 Å². The van der Waals surface area contributed by atoms with Crippen LogP contribution in [-0.2, 0) is 20.8 Å². The van der Waals surface area contributed by atoms with Gasteiger partial charge in [-0.3, -0.25) is 0 Å². The van der Waals surface area contributed by atoms with Crippen LogP contribution in [0.15, 0.2) is 17.1 Å². The Bertz CT molecular complexity index is 497. The number of nitrogens with zero attached hydrogens (tertiary/aromatic N) is 1.